The van der Waals surface area contributed by atoms with Gasteiger partial charge in [0.2, 0.25) is 5.95 Å². The van der Waals surface area contributed by atoms with Crippen LogP contribution in [0.15, 0.2) is 6.33 Å². The minimum Gasteiger partial charge on any atom is -0.451 e. The van der Waals surface area contributed by atoms with Crippen molar-refractivity contribution in [1.82, 2.24) is 20.1 Å². The highest BCUT2D eigenvalue weighted by Crippen LogP contribution is 1.95. The summed E-state index contributed by atoms with van der Waals surface area (Å²) in [6.07, 6.45) is 0.472. The monoisotopic (exact) mass is 227 g/mol. The Balaban J connectivity index is 2.45. The molecule has 0 saturated carbocycles. The van der Waals surface area contributed by atoms with Crippen LogP contribution in [-0.4, -0.2) is 39.8 Å². The summed E-state index contributed by atoms with van der Waals surface area (Å²) >= 11 is 0. The van der Waals surface area contributed by atoms with E-state index in [-0.39, 0.29) is 18.4 Å². The van der Waals surface area contributed by atoms with E-state index in [0.717, 1.165) is 0 Å². The average Bonchev–Trinajstić information content (AvgIpc) is 2.62. The van der Waals surface area contributed by atoms with Crippen molar-refractivity contribution < 1.29 is 14.3 Å². The quantitative estimate of drug-likeness (QED) is 0.608. The number of esters is 1. The molecule has 0 bridgehead atoms. The minimum atomic E-state index is -0.835. The molecule has 1 amide bonds. The summed E-state index contributed by atoms with van der Waals surface area (Å²) in [5.41, 5.74) is 5.27. The molecule has 8 heteroatoms. The SMILES string of the molecule is CNC(=O)C(C)OC(=O)Cn1cnc(N)n1. The number of hydrogen-bond acceptors (Lipinski definition) is 6. The first-order valence-corrected chi connectivity index (χ1v) is 4.59. The van der Waals surface area contributed by atoms with E-state index in [9.17, 15) is 9.59 Å². The second kappa shape index (κ2) is 5.10. The molecular formula is C8H13N5O3. The van der Waals surface area contributed by atoms with Crippen LogP contribution in [0.2, 0.25) is 0 Å². The molecule has 0 fully saturated rings. The molecular weight excluding hydrogens is 214 g/mol. The number of anilines is 1. The Labute approximate surface area is 91.8 Å². The molecule has 8 nitrogen and oxygen atoms in total. The van der Waals surface area contributed by atoms with Gasteiger partial charge in [0.1, 0.15) is 12.9 Å². The van der Waals surface area contributed by atoms with Crippen molar-refractivity contribution >= 4 is 17.8 Å². The average molecular weight is 227 g/mol. The molecule has 1 atom stereocenters. The number of nitrogen functional groups attached to an aromatic ring is 1. The molecule has 0 aliphatic carbocycles. The highest BCUT2D eigenvalue weighted by Gasteiger charge is 2.16. The summed E-state index contributed by atoms with van der Waals surface area (Å²) in [7, 11) is 1.46. The normalized spacial score (nSPS) is 11.9. The highest BCUT2D eigenvalue weighted by atomic mass is 16.5. The zero-order valence-corrected chi connectivity index (χ0v) is 9.01. The summed E-state index contributed by atoms with van der Waals surface area (Å²) in [6, 6.07) is 0. The molecule has 0 radical (unpaired) electrons. The van der Waals surface area contributed by atoms with Gasteiger partial charge < -0.3 is 15.8 Å². The van der Waals surface area contributed by atoms with E-state index in [1.54, 1.807) is 0 Å². The van der Waals surface area contributed by atoms with E-state index < -0.39 is 12.1 Å². The largest absolute Gasteiger partial charge is 0.451 e. The maximum atomic E-state index is 11.3. The zero-order chi connectivity index (χ0) is 12.1. The lowest BCUT2D eigenvalue weighted by Crippen LogP contribution is -2.34. The van der Waals surface area contributed by atoms with Crippen LogP contribution in [0.4, 0.5) is 5.95 Å². The van der Waals surface area contributed by atoms with Crippen molar-refractivity contribution in [2.24, 2.45) is 0 Å². The Hall–Kier alpha value is -2.12. The molecule has 1 rings (SSSR count). The van der Waals surface area contributed by atoms with Crippen molar-refractivity contribution in [3.8, 4) is 0 Å². The van der Waals surface area contributed by atoms with E-state index >= 15 is 0 Å². The van der Waals surface area contributed by atoms with E-state index in [1.165, 1.54) is 25.0 Å². The maximum Gasteiger partial charge on any atom is 0.328 e. The summed E-state index contributed by atoms with van der Waals surface area (Å²) < 4.78 is 6.07. The molecule has 0 aliphatic heterocycles. The van der Waals surface area contributed by atoms with E-state index in [1.807, 2.05) is 0 Å². The van der Waals surface area contributed by atoms with Crippen LogP contribution in [0.1, 0.15) is 6.92 Å². The van der Waals surface area contributed by atoms with Crippen molar-refractivity contribution in [3.05, 3.63) is 6.33 Å². The second-order valence-corrected chi connectivity index (χ2v) is 3.05. The number of rotatable bonds is 4. The fourth-order valence-corrected chi connectivity index (χ4v) is 1.01. The van der Waals surface area contributed by atoms with Gasteiger partial charge in [-0.3, -0.25) is 9.59 Å². The molecule has 1 unspecified atom stereocenters. The lowest BCUT2D eigenvalue weighted by molar-refractivity contribution is -0.155. The molecule has 0 aliphatic rings. The standard InChI is InChI=1S/C8H13N5O3/c1-5(7(15)10-2)16-6(14)3-13-4-11-8(9)12-13/h4-5H,3H2,1-2H3,(H2,9,12)(H,10,15). The molecule has 16 heavy (non-hydrogen) atoms. The number of ether oxygens (including phenoxy) is 1. The van der Waals surface area contributed by atoms with Crippen LogP contribution in [0.5, 0.6) is 0 Å². The Morgan fingerprint density at radius 3 is 2.88 bits per heavy atom. The number of likely N-dealkylation sites (N-methyl/N-ethyl adjacent to an activating group) is 1. The van der Waals surface area contributed by atoms with Crippen LogP contribution in [0.25, 0.3) is 0 Å². The zero-order valence-electron chi connectivity index (χ0n) is 9.01. The third-order valence-electron chi connectivity index (χ3n) is 1.77. The Morgan fingerprint density at radius 1 is 1.69 bits per heavy atom. The number of aromatic nitrogens is 3. The smallest absolute Gasteiger partial charge is 0.328 e. The van der Waals surface area contributed by atoms with E-state index in [2.05, 4.69) is 15.4 Å². The van der Waals surface area contributed by atoms with Gasteiger partial charge in [0, 0.05) is 7.05 Å². The highest BCUT2D eigenvalue weighted by molar-refractivity contribution is 5.83. The van der Waals surface area contributed by atoms with Gasteiger partial charge in [0.05, 0.1) is 0 Å². The predicted molar refractivity (Wildman–Crippen MR) is 54.1 cm³/mol. The number of nitrogens with two attached hydrogens (primary N) is 1. The minimum absolute atomic E-state index is 0.0761. The number of amides is 1. The number of nitrogens with one attached hydrogen (secondary N) is 1. The number of carbonyl (C=O) groups is 2. The van der Waals surface area contributed by atoms with Crippen LogP contribution >= 0.6 is 0 Å². The topological polar surface area (TPSA) is 112 Å². The molecule has 0 saturated heterocycles. The molecule has 1 aromatic heterocycles. The predicted octanol–water partition coefficient (Wildman–Crippen LogP) is -1.46. The van der Waals surface area contributed by atoms with Crippen LogP contribution in [-0.2, 0) is 20.9 Å². The first kappa shape index (κ1) is 12.0. The fourth-order valence-electron chi connectivity index (χ4n) is 1.01. The summed E-state index contributed by atoms with van der Waals surface area (Å²) in [6.45, 7) is 1.35. The van der Waals surface area contributed by atoms with E-state index in [4.69, 9.17) is 10.5 Å². The van der Waals surface area contributed by atoms with Crippen LogP contribution < -0.4 is 11.1 Å². The van der Waals surface area contributed by atoms with Gasteiger partial charge in [-0.05, 0) is 6.92 Å². The maximum absolute atomic E-state index is 11.3. The summed E-state index contributed by atoms with van der Waals surface area (Å²) in [5.74, 6) is -0.875. The summed E-state index contributed by atoms with van der Waals surface area (Å²) in [5, 5.41) is 6.07. The fraction of sp³-hybridized carbons (Fsp3) is 0.500. The molecule has 0 aromatic carbocycles. The van der Waals surface area contributed by atoms with E-state index in [0.29, 0.717) is 0 Å². The molecule has 1 heterocycles. The van der Waals surface area contributed by atoms with Crippen molar-refractivity contribution in [1.29, 1.82) is 0 Å². The van der Waals surface area contributed by atoms with Crippen molar-refractivity contribution in [3.63, 3.8) is 0 Å². The lowest BCUT2D eigenvalue weighted by atomic mass is 10.4. The Kier molecular flexibility index (Phi) is 3.81. The summed E-state index contributed by atoms with van der Waals surface area (Å²) in [4.78, 5) is 26.0. The third kappa shape index (κ3) is 3.23. The Morgan fingerprint density at radius 2 is 2.38 bits per heavy atom. The molecule has 3 N–H and O–H groups in total. The van der Waals surface area contributed by atoms with Crippen molar-refractivity contribution in [2.75, 3.05) is 12.8 Å². The van der Waals surface area contributed by atoms with Crippen LogP contribution in [0.3, 0.4) is 0 Å². The number of carbonyl (C=O) groups excluding carboxylic acids is 2. The number of nitrogens with zero attached hydrogens (tertiary/aromatic N) is 3. The molecule has 88 valence electrons. The van der Waals surface area contributed by atoms with Gasteiger partial charge in [-0.1, -0.05) is 0 Å². The van der Waals surface area contributed by atoms with Gasteiger partial charge in [0.15, 0.2) is 6.10 Å². The number of hydrogen-bond donors (Lipinski definition) is 2. The first-order chi connectivity index (χ1) is 7.52. The molecule has 1 aromatic rings. The van der Waals surface area contributed by atoms with Gasteiger partial charge in [-0.2, -0.15) is 0 Å². The van der Waals surface area contributed by atoms with Gasteiger partial charge in [-0.15, -0.1) is 5.10 Å². The van der Waals surface area contributed by atoms with Crippen LogP contribution in [0, 0.1) is 0 Å². The van der Waals surface area contributed by atoms with Gasteiger partial charge in [0.25, 0.3) is 5.91 Å². The van der Waals surface area contributed by atoms with Gasteiger partial charge in [-0.25, -0.2) is 9.67 Å². The lowest BCUT2D eigenvalue weighted by Gasteiger charge is -2.11. The third-order valence-corrected chi connectivity index (χ3v) is 1.77. The first-order valence-electron chi connectivity index (χ1n) is 4.59. The Bertz CT molecular complexity index is 389. The molecule has 0 spiro atoms. The van der Waals surface area contributed by atoms with Crippen molar-refractivity contribution in [2.45, 2.75) is 19.6 Å². The second-order valence-electron chi connectivity index (χ2n) is 3.05. The van der Waals surface area contributed by atoms with Gasteiger partial charge >= 0.3 is 5.97 Å².